The summed E-state index contributed by atoms with van der Waals surface area (Å²) in [5, 5.41) is 167. The maximum absolute atomic E-state index is 10.9. The standard InChI is InChI=1S/C68H74N4O24/c73-25-45-53(77)57(81)61(85)65(93-45)89-33-9-1-29(2-10-33)49-37-17-19-39(69-37)50(30-3-11-34(12-4-30)90-66-62(86)58(82)54(78)46(26-74)94-66)41-21-23-43(71-41)52(32-7-15-36(16-8-32)92-68-64(88)60(84)56(80)48(28-76)96-68)44-24-22-42(72-44)51(40-20-18-38(49)70-40)31-5-13-35(14-6-31)91-67-63(87)59(83)55(79)47(27-75)95-67/h1-17,19,22,24,45-48,53-69,72-88H,18,20-21,23,25-28H2/t45-,46-,47-,48-,53+,54+,55+,56+,57+,58+,59+,60+,61-,62-,63-,64-,65?,66?,67?,68?/m1/s1. The van der Waals surface area contributed by atoms with Gasteiger partial charge in [-0.15, -0.1) is 0 Å². The summed E-state index contributed by atoms with van der Waals surface area (Å²) in [6.07, 6.45) is -28.8. The van der Waals surface area contributed by atoms with E-state index >= 15 is 0 Å². The van der Waals surface area contributed by atoms with Crippen molar-refractivity contribution in [2.75, 3.05) is 26.4 Å². The van der Waals surface area contributed by atoms with Crippen LogP contribution in [0.1, 0.15) is 22.8 Å². The SMILES string of the molecule is OC[C@H]1OC(Oc2ccc(-c3c4nc(c(-c5ccc(OC6O[C@H](CO)[C@H](O)[C@H](O)[C@H]6O)cc5)c5ccc([nH]5)c(-c5ccc(OC6O[C@H](CO)[C@H](O)[C@H](O)[C@H]6O)cc5)c5nc(c(-c6ccc(OC7O[C@H](CO)[C@H](O)[C@H](O)[C@H]7O)cc6)c6ccc3[nH]6)CC5)CC4)cc2)[C@H](O)[C@@H](O)[C@H]1O. The molecule has 6 aliphatic heterocycles. The number of hydrogen-bond acceptors (Lipinski definition) is 26. The van der Waals surface area contributed by atoms with Crippen LogP contribution in [0.2, 0.25) is 0 Å². The molecular formula is C68H74N4O24. The Hall–Kier alpha value is -7.60. The van der Waals surface area contributed by atoms with Crippen molar-refractivity contribution in [3.8, 4) is 67.5 Å². The van der Waals surface area contributed by atoms with E-state index in [2.05, 4.69) is 9.97 Å². The Balaban J connectivity index is 0.978. The summed E-state index contributed by atoms with van der Waals surface area (Å²) in [7, 11) is 0. The van der Waals surface area contributed by atoms with Crippen LogP contribution < -0.4 is 18.9 Å². The van der Waals surface area contributed by atoms with Gasteiger partial charge in [0.25, 0.3) is 0 Å². The van der Waals surface area contributed by atoms with Gasteiger partial charge in [0.2, 0.25) is 25.2 Å². The van der Waals surface area contributed by atoms with Gasteiger partial charge < -0.3 is 130 Å². The second-order valence-corrected chi connectivity index (χ2v) is 24.4. The molecule has 4 unspecified atom stereocenters. The first-order valence-electron chi connectivity index (χ1n) is 31.4. The van der Waals surface area contributed by atoms with Crippen molar-refractivity contribution in [3.05, 3.63) is 144 Å². The Kier molecular flexibility index (Phi) is 19.6. The van der Waals surface area contributed by atoms with E-state index in [1.165, 1.54) is 0 Å². The average Bonchev–Trinajstić information content (AvgIpc) is 1.66. The van der Waals surface area contributed by atoms with Gasteiger partial charge in [-0.3, -0.25) is 9.97 Å². The van der Waals surface area contributed by atoms with Crippen LogP contribution in [0.25, 0.3) is 66.6 Å². The predicted octanol–water partition coefficient (Wildman–Crippen LogP) is -0.732. The first-order valence-corrected chi connectivity index (χ1v) is 31.4. The Labute approximate surface area is 546 Å². The fourth-order valence-electron chi connectivity index (χ4n) is 13.0. The van der Waals surface area contributed by atoms with Gasteiger partial charge in [-0.05, 0) is 121 Å². The number of nitrogens with zero attached hydrogens (tertiary/aromatic N) is 2. The van der Waals surface area contributed by atoms with Crippen molar-refractivity contribution in [2.24, 2.45) is 0 Å². The molecule has 4 fully saturated rings. The monoisotopic (exact) mass is 1330 g/mol. The van der Waals surface area contributed by atoms with Crippen molar-refractivity contribution < 1.29 is 120 Å². The molecule has 8 bridgehead atoms. The quantitative estimate of drug-likeness (QED) is 0.0567. The van der Waals surface area contributed by atoms with E-state index in [1.807, 2.05) is 24.3 Å². The van der Waals surface area contributed by atoms with Gasteiger partial charge in [0.1, 0.15) is 121 Å². The van der Waals surface area contributed by atoms with Crippen LogP contribution in [0.4, 0.5) is 0 Å². The first kappa shape index (κ1) is 67.0. The lowest BCUT2D eigenvalue weighted by Gasteiger charge is -2.39. The van der Waals surface area contributed by atoms with Crippen LogP contribution in [0.15, 0.2) is 121 Å². The number of ether oxygens (including phenoxy) is 8. The van der Waals surface area contributed by atoms with E-state index < -0.39 is 149 Å². The van der Waals surface area contributed by atoms with E-state index in [9.17, 15) is 81.7 Å². The number of nitrogens with one attached hydrogen (secondary N) is 2. The third-order valence-electron chi connectivity index (χ3n) is 18.3. The largest absolute Gasteiger partial charge is 0.462 e. The number of hydrogen-bond donors (Lipinski definition) is 18. The molecule has 510 valence electrons. The smallest absolute Gasteiger partial charge is 0.229 e. The van der Waals surface area contributed by atoms with E-state index in [0.29, 0.717) is 115 Å². The van der Waals surface area contributed by atoms with Gasteiger partial charge in [0.05, 0.1) is 49.2 Å². The van der Waals surface area contributed by atoms with Crippen LogP contribution in [0.5, 0.6) is 23.0 Å². The molecule has 13 rings (SSSR count). The second-order valence-electron chi connectivity index (χ2n) is 24.4. The van der Waals surface area contributed by atoms with Crippen molar-refractivity contribution in [3.63, 3.8) is 0 Å². The maximum atomic E-state index is 10.9. The summed E-state index contributed by atoms with van der Waals surface area (Å²) in [5.74, 6) is 0.875. The summed E-state index contributed by atoms with van der Waals surface area (Å²) in [6.45, 7) is -2.61. The van der Waals surface area contributed by atoms with Gasteiger partial charge in [-0.2, -0.15) is 0 Å². The normalized spacial score (nSPS) is 31.6. The summed E-state index contributed by atoms with van der Waals surface area (Å²) in [6, 6.07) is 35.1. The van der Waals surface area contributed by atoms with Crippen LogP contribution >= 0.6 is 0 Å². The number of aliphatic hydroxyl groups excluding tert-OH is 16. The molecule has 28 heteroatoms. The fraction of sp³-hybridized carbons (Fsp3) is 0.412. The molecule has 28 nitrogen and oxygen atoms in total. The zero-order valence-corrected chi connectivity index (χ0v) is 51.1. The fourth-order valence-corrected chi connectivity index (χ4v) is 13.0. The van der Waals surface area contributed by atoms with Gasteiger partial charge in [0.15, 0.2) is 0 Å². The predicted molar refractivity (Wildman–Crippen MR) is 335 cm³/mol. The Bertz CT molecular complexity index is 3510. The minimum absolute atomic E-state index is 0.219. The van der Waals surface area contributed by atoms with Gasteiger partial charge in [-0.1, -0.05) is 48.5 Å². The van der Waals surface area contributed by atoms with Crippen LogP contribution in [-0.4, -0.2) is 251 Å². The number of H-pyrrole nitrogens is 2. The van der Waals surface area contributed by atoms with Crippen LogP contribution in [0.3, 0.4) is 0 Å². The molecule has 4 saturated heterocycles. The molecule has 18 N–H and O–H groups in total. The number of fused-ring (bicyclic) bond motifs is 8. The minimum Gasteiger partial charge on any atom is -0.462 e. The zero-order chi connectivity index (χ0) is 67.4. The first-order chi connectivity index (χ1) is 46.3. The number of benzene rings is 4. The summed E-state index contributed by atoms with van der Waals surface area (Å²) >= 11 is 0. The number of aryl methyl sites for hydroxylation is 4. The maximum Gasteiger partial charge on any atom is 0.229 e. The zero-order valence-electron chi connectivity index (χ0n) is 51.1. The molecule has 4 aromatic carbocycles. The van der Waals surface area contributed by atoms with E-state index in [-0.39, 0.29) is 23.0 Å². The van der Waals surface area contributed by atoms with E-state index in [4.69, 9.17) is 47.9 Å². The Morgan fingerprint density at radius 1 is 0.281 bits per heavy atom. The highest BCUT2D eigenvalue weighted by molar-refractivity contribution is 5.92. The topological polar surface area (TPSA) is 455 Å². The van der Waals surface area contributed by atoms with Crippen molar-refractivity contribution >= 4 is 22.1 Å². The van der Waals surface area contributed by atoms with Crippen LogP contribution in [0, 0.1) is 0 Å². The third kappa shape index (κ3) is 13.0. The summed E-state index contributed by atoms with van der Waals surface area (Å²) in [5.41, 5.74) is 10.5. The molecule has 0 saturated carbocycles. The molecule has 3 aromatic heterocycles. The lowest BCUT2D eigenvalue weighted by molar-refractivity contribution is -0.277. The lowest BCUT2D eigenvalue weighted by Crippen LogP contribution is -2.60. The van der Waals surface area contributed by atoms with Gasteiger partial charge in [-0.25, -0.2) is 0 Å². The molecule has 9 heterocycles. The second kappa shape index (κ2) is 28.1. The highest BCUT2D eigenvalue weighted by Crippen LogP contribution is 2.41. The number of rotatable bonds is 16. The van der Waals surface area contributed by atoms with Gasteiger partial charge in [0, 0.05) is 44.3 Å². The minimum atomic E-state index is -1.68. The average molecular weight is 1330 g/mol. The third-order valence-corrected chi connectivity index (χ3v) is 18.3. The number of aliphatic hydroxyl groups is 16. The number of aromatic amines is 2. The van der Waals surface area contributed by atoms with Crippen molar-refractivity contribution in [2.45, 2.75) is 149 Å². The molecule has 0 aliphatic carbocycles. The molecular weight excluding hydrogens is 1260 g/mol. The molecule has 0 radical (unpaired) electrons. The van der Waals surface area contributed by atoms with Crippen molar-refractivity contribution in [1.29, 1.82) is 0 Å². The Morgan fingerprint density at radius 3 is 0.667 bits per heavy atom. The molecule has 96 heavy (non-hydrogen) atoms. The summed E-state index contributed by atoms with van der Waals surface area (Å²) < 4.78 is 46.7. The summed E-state index contributed by atoms with van der Waals surface area (Å²) in [4.78, 5) is 18.3. The van der Waals surface area contributed by atoms with Gasteiger partial charge >= 0.3 is 0 Å². The van der Waals surface area contributed by atoms with E-state index in [1.54, 1.807) is 97.1 Å². The molecule has 0 spiro atoms. The lowest BCUT2D eigenvalue weighted by atomic mass is 9.99. The molecule has 20 atom stereocenters. The highest BCUT2D eigenvalue weighted by Gasteiger charge is 2.48. The molecule has 0 amide bonds. The molecule has 7 aromatic rings. The number of aromatic nitrogens is 4. The Morgan fingerprint density at radius 2 is 0.479 bits per heavy atom. The van der Waals surface area contributed by atoms with E-state index in [0.717, 1.165) is 0 Å². The van der Waals surface area contributed by atoms with Crippen LogP contribution in [-0.2, 0) is 44.6 Å². The molecule has 6 aliphatic rings. The van der Waals surface area contributed by atoms with Crippen molar-refractivity contribution in [1.82, 2.24) is 19.9 Å². The highest BCUT2D eigenvalue weighted by atomic mass is 16.7.